The van der Waals surface area contributed by atoms with Gasteiger partial charge in [0.25, 0.3) is 0 Å². The summed E-state index contributed by atoms with van der Waals surface area (Å²) < 4.78 is 5.71. The van der Waals surface area contributed by atoms with Crippen molar-refractivity contribution in [2.45, 2.75) is 19.3 Å². The van der Waals surface area contributed by atoms with Gasteiger partial charge in [-0.2, -0.15) is 0 Å². The zero-order valence-electron chi connectivity index (χ0n) is 10.6. The number of carbonyl (C=O) groups is 1. The number of unbranched alkanes of at least 4 members (excludes halogenated alkanes) is 1. The lowest BCUT2D eigenvalue weighted by molar-refractivity contribution is -0.131. The van der Waals surface area contributed by atoms with Gasteiger partial charge in [0.05, 0.1) is 0 Å². The number of hydrogen-bond donors (Lipinski definition) is 1. The van der Waals surface area contributed by atoms with E-state index in [1.54, 1.807) is 6.08 Å². The Hall–Kier alpha value is -2.29. The number of fused-ring (bicyclic) bond motifs is 1. The molecule has 2 aromatic rings. The smallest absolute Gasteiger partial charge is 0.328 e. The van der Waals surface area contributed by atoms with Crippen LogP contribution in [-0.4, -0.2) is 11.1 Å². The van der Waals surface area contributed by atoms with Crippen LogP contribution in [0.4, 0.5) is 0 Å². The van der Waals surface area contributed by atoms with Crippen LogP contribution in [0.1, 0.15) is 18.6 Å². The second-order valence-corrected chi connectivity index (χ2v) is 4.27. The maximum atomic E-state index is 10.2. The Bertz CT molecular complexity index is 572. The van der Waals surface area contributed by atoms with Crippen LogP contribution in [0.3, 0.4) is 0 Å². The molecule has 1 heterocycles. The summed E-state index contributed by atoms with van der Waals surface area (Å²) >= 11 is 0. The van der Waals surface area contributed by atoms with Crippen molar-refractivity contribution in [2.24, 2.45) is 0 Å². The van der Waals surface area contributed by atoms with Crippen molar-refractivity contribution in [1.29, 1.82) is 0 Å². The molecule has 0 amide bonds. The Balaban J connectivity index is 1.78. The van der Waals surface area contributed by atoms with Gasteiger partial charge in [0.1, 0.15) is 11.3 Å². The molecular formula is C16H16O3. The fourth-order valence-electron chi connectivity index (χ4n) is 1.87. The summed E-state index contributed by atoms with van der Waals surface area (Å²) in [5.74, 6) is 0.0719. The number of rotatable bonds is 6. The number of aliphatic carboxylic acids is 1. The van der Waals surface area contributed by atoms with E-state index in [4.69, 9.17) is 9.52 Å². The van der Waals surface area contributed by atoms with Gasteiger partial charge >= 0.3 is 5.97 Å². The number of para-hydroxylation sites is 1. The van der Waals surface area contributed by atoms with Crippen molar-refractivity contribution in [3.63, 3.8) is 0 Å². The zero-order chi connectivity index (χ0) is 13.5. The second kappa shape index (κ2) is 6.59. The highest BCUT2D eigenvalue weighted by molar-refractivity contribution is 5.80. The average molecular weight is 256 g/mol. The van der Waals surface area contributed by atoms with Gasteiger partial charge in [-0.15, -0.1) is 0 Å². The van der Waals surface area contributed by atoms with Crippen LogP contribution < -0.4 is 0 Å². The molecule has 3 nitrogen and oxygen atoms in total. The van der Waals surface area contributed by atoms with Crippen LogP contribution in [0.5, 0.6) is 0 Å². The molecule has 0 aliphatic heterocycles. The van der Waals surface area contributed by atoms with Gasteiger partial charge in [-0.1, -0.05) is 36.4 Å². The fourth-order valence-corrected chi connectivity index (χ4v) is 1.87. The number of aryl methyl sites for hydroxylation is 1. The first-order valence-electron chi connectivity index (χ1n) is 6.29. The number of allylic oxidation sites excluding steroid dienone is 3. The highest BCUT2D eigenvalue weighted by atomic mass is 16.4. The third-order valence-electron chi connectivity index (χ3n) is 2.76. The predicted molar refractivity (Wildman–Crippen MR) is 75.1 cm³/mol. The van der Waals surface area contributed by atoms with Gasteiger partial charge in [-0.25, -0.2) is 4.79 Å². The van der Waals surface area contributed by atoms with Gasteiger partial charge in [-0.05, 0) is 25.0 Å². The lowest BCUT2D eigenvalue weighted by atomic mass is 10.2. The van der Waals surface area contributed by atoms with Crippen LogP contribution in [0, 0.1) is 0 Å². The predicted octanol–water partition coefficient (Wildman–Crippen LogP) is 3.95. The monoisotopic (exact) mass is 256 g/mol. The van der Waals surface area contributed by atoms with Crippen molar-refractivity contribution in [3.05, 3.63) is 60.4 Å². The molecule has 3 heteroatoms. The summed E-state index contributed by atoms with van der Waals surface area (Å²) in [7, 11) is 0. The van der Waals surface area contributed by atoms with E-state index in [9.17, 15) is 4.79 Å². The number of benzene rings is 1. The summed E-state index contributed by atoms with van der Waals surface area (Å²) in [6.07, 6.45) is 9.15. The number of furan rings is 1. The molecule has 19 heavy (non-hydrogen) atoms. The summed E-state index contributed by atoms with van der Waals surface area (Å²) in [6.45, 7) is 0. The molecule has 0 fully saturated rings. The summed E-state index contributed by atoms with van der Waals surface area (Å²) in [6, 6.07) is 10.0. The zero-order valence-corrected chi connectivity index (χ0v) is 10.6. The van der Waals surface area contributed by atoms with Crippen LogP contribution >= 0.6 is 0 Å². The van der Waals surface area contributed by atoms with Gasteiger partial charge in [0.2, 0.25) is 0 Å². The molecule has 98 valence electrons. The molecule has 0 unspecified atom stereocenters. The molecule has 0 saturated carbocycles. The van der Waals surface area contributed by atoms with E-state index in [0.717, 1.165) is 42.1 Å². The van der Waals surface area contributed by atoms with Crippen molar-refractivity contribution in [1.82, 2.24) is 0 Å². The third-order valence-corrected chi connectivity index (χ3v) is 2.76. The van der Waals surface area contributed by atoms with E-state index in [-0.39, 0.29) is 0 Å². The summed E-state index contributed by atoms with van der Waals surface area (Å²) in [4.78, 5) is 10.2. The van der Waals surface area contributed by atoms with Crippen molar-refractivity contribution >= 4 is 16.9 Å². The minimum atomic E-state index is -0.924. The molecule has 1 N–H and O–H groups in total. The van der Waals surface area contributed by atoms with Crippen LogP contribution in [0.15, 0.2) is 59.1 Å². The highest BCUT2D eigenvalue weighted by Crippen LogP contribution is 2.20. The van der Waals surface area contributed by atoms with Gasteiger partial charge < -0.3 is 9.52 Å². The van der Waals surface area contributed by atoms with E-state index < -0.39 is 5.97 Å². The van der Waals surface area contributed by atoms with E-state index in [2.05, 4.69) is 6.07 Å². The Morgan fingerprint density at radius 3 is 2.89 bits per heavy atom. The quantitative estimate of drug-likeness (QED) is 0.483. The van der Waals surface area contributed by atoms with Crippen molar-refractivity contribution < 1.29 is 14.3 Å². The van der Waals surface area contributed by atoms with E-state index in [1.807, 2.05) is 30.3 Å². The Labute approximate surface area is 111 Å². The first kappa shape index (κ1) is 13.1. The molecule has 0 spiro atoms. The number of carboxylic acid groups (broad SMARTS) is 1. The molecule has 2 rings (SSSR count). The van der Waals surface area contributed by atoms with Crippen LogP contribution in [0.25, 0.3) is 11.0 Å². The molecule has 0 saturated heterocycles. The van der Waals surface area contributed by atoms with E-state index in [1.165, 1.54) is 6.08 Å². The summed E-state index contributed by atoms with van der Waals surface area (Å²) in [5, 5.41) is 9.54. The van der Waals surface area contributed by atoms with Crippen LogP contribution in [-0.2, 0) is 11.2 Å². The largest absolute Gasteiger partial charge is 0.478 e. The molecule has 1 aromatic carbocycles. The number of hydrogen-bond acceptors (Lipinski definition) is 2. The van der Waals surface area contributed by atoms with Crippen molar-refractivity contribution in [2.75, 3.05) is 0 Å². The maximum absolute atomic E-state index is 10.2. The van der Waals surface area contributed by atoms with Crippen molar-refractivity contribution in [3.8, 4) is 0 Å². The summed E-state index contributed by atoms with van der Waals surface area (Å²) in [5.41, 5.74) is 0.928. The third kappa shape index (κ3) is 4.14. The van der Waals surface area contributed by atoms with E-state index >= 15 is 0 Å². The first-order chi connectivity index (χ1) is 9.25. The topological polar surface area (TPSA) is 50.4 Å². The Morgan fingerprint density at radius 1 is 1.26 bits per heavy atom. The average Bonchev–Trinajstić information content (AvgIpc) is 2.79. The molecule has 0 aliphatic carbocycles. The molecule has 1 aromatic heterocycles. The SMILES string of the molecule is O=C(O)/C=C/C=CCCCc1cc2ccccc2o1. The lowest BCUT2D eigenvalue weighted by Crippen LogP contribution is -1.84. The molecule has 0 aliphatic rings. The fraction of sp³-hybridized carbons (Fsp3) is 0.188. The van der Waals surface area contributed by atoms with Crippen LogP contribution in [0.2, 0.25) is 0 Å². The highest BCUT2D eigenvalue weighted by Gasteiger charge is 2.01. The normalized spacial score (nSPS) is 11.8. The Morgan fingerprint density at radius 2 is 2.11 bits per heavy atom. The Kier molecular flexibility index (Phi) is 4.56. The number of carboxylic acids is 1. The maximum Gasteiger partial charge on any atom is 0.328 e. The molecule has 0 radical (unpaired) electrons. The van der Waals surface area contributed by atoms with E-state index in [0.29, 0.717) is 0 Å². The minimum absolute atomic E-state index is 0.891. The van der Waals surface area contributed by atoms with Gasteiger partial charge in [0.15, 0.2) is 0 Å². The van der Waals surface area contributed by atoms with Gasteiger partial charge in [-0.3, -0.25) is 0 Å². The molecule has 0 atom stereocenters. The second-order valence-electron chi connectivity index (χ2n) is 4.27. The molecule has 0 bridgehead atoms. The first-order valence-corrected chi connectivity index (χ1v) is 6.29. The lowest BCUT2D eigenvalue weighted by Gasteiger charge is -1.92. The molecular weight excluding hydrogens is 240 g/mol. The minimum Gasteiger partial charge on any atom is -0.478 e. The standard InChI is InChI=1S/C16H16O3/c17-16(18)11-5-3-1-2-4-9-14-12-13-8-6-7-10-15(13)19-14/h1,3,5-8,10-12H,2,4,9H2,(H,17,18)/b3-1?,11-5+. The van der Waals surface area contributed by atoms with Gasteiger partial charge in [0, 0.05) is 17.9 Å².